The summed E-state index contributed by atoms with van der Waals surface area (Å²) in [7, 11) is 0. The van der Waals surface area contributed by atoms with Gasteiger partial charge in [-0.25, -0.2) is 9.78 Å². The summed E-state index contributed by atoms with van der Waals surface area (Å²) in [5.74, 6) is -1.61. The molecule has 7 nitrogen and oxygen atoms in total. The smallest absolute Gasteiger partial charge is 0.317 e. The van der Waals surface area contributed by atoms with Crippen LogP contribution in [-0.2, 0) is 0 Å². The van der Waals surface area contributed by atoms with E-state index in [-0.39, 0.29) is 11.5 Å². The Morgan fingerprint density at radius 3 is 2.83 bits per heavy atom. The van der Waals surface area contributed by atoms with Crippen molar-refractivity contribution in [3.8, 4) is 0 Å². The number of primary amides is 1. The van der Waals surface area contributed by atoms with Crippen LogP contribution in [0.2, 0.25) is 0 Å². The van der Waals surface area contributed by atoms with Crippen LogP contribution < -0.4 is 16.2 Å². The molecule has 0 bridgehead atoms. The number of amides is 2. The number of carbonyl (C=O) groups is 2. The normalized spacial score (nSPS) is 9.33. The summed E-state index contributed by atoms with van der Waals surface area (Å²) in [6, 6.07) is -0.885. The van der Waals surface area contributed by atoms with Crippen molar-refractivity contribution in [3.05, 3.63) is 12.0 Å². The first kappa shape index (κ1) is 8.05. The van der Waals surface area contributed by atoms with E-state index in [1.807, 2.05) is 5.32 Å². The van der Waals surface area contributed by atoms with Crippen molar-refractivity contribution in [2.45, 2.75) is 0 Å². The average Bonchev–Trinajstić information content (AvgIpc) is 2.33. The van der Waals surface area contributed by atoms with Crippen molar-refractivity contribution in [2.24, 2.45) is 5.73 Å². The number of urea groups is 1. The van der Waals surface area contributed by atoms with Crippen molar-refractivity contribution in [1.82, 2.24) is 9.97 Å². The average molecular weight is 169 g/mol. The number of nitrogens with two attached hydrogens (primary N) is 1. The van der Waals surface area contributed by atoms with Gasteiger partial charge in [0.1, 0.15) is 5.69 Å². The van der Waals surface area contributed by atoms with E-state index in [1.165, 1.54) is 0 Å². The maximum absolute atomic E-state index is 10.3. The summed E-state index contributed by atoms with van der Waals surface area (Å²) in [4.78, 5) is 26.3. The number of hydrogen-bond donors (Lipinski definition) is 3. The number of hydrogen-bond acceptors (Lipinski definition) is 4. The molecule has 1 heterocycles. The molecule has 0 spiro atoms. The lowest BCUT2D eigenvalue weighted by molar-refractivity contribution is -0.255. The molecule has 4 N–H and O–H groups in total. The number of carbonyl (C=O) groups excluding carboxylic acids is 2. The zero-order valence-electron chi connectivity index (χ0n) is 5.83. The number of imidazole rings is 1. The van der Waals surface area contributed by atoms with Crippen LogP contribution in [0.15, 0.2) is 6.33 Å². The van der Waals surface area contributed by atoms with Crippen molar-refractivity contribution in [3.63, 3.8) is 0 Å². The fourth-order valence-corrected chi connectivity index (χ4v) is 0.661. The SMILES string of the molecule is NC(=O)Nc1nc[nH]c1C(=O)[O-]. The van der Waals surface area contributed by atoms with Crippen molar-refractivity contribution >= 4 is 17.8 Å². The van der Waals surface area contributed by atoms with Crippen LogP contribution in [0.3, 0.4) is 0 Å². The van der Waals surface area contributed by atoms with Gasteiger partial charge in [0.05, 0.1) is 12.3 Å². The van der Waals surface area contributed by atoms with Gasteiger partial charge in [-0.05, 0) is 0 Å². The van der Waals surface area contributed by atoms with Gasteiger partial charge in [0, 0.05) is 0 Å². The van der Waals surface area contributed by atoms with E-state index in [2.05, 4.69) is 9.97 Å². The second kappa shape index (κ2) is 2.91. The summed E-state index contributed by atoms with van der Waals surface area (Å²) in [6.45, 7) is 0. The second-order valence-electron chi connectivity index (χ2n) is 1.90. The molecular formula is C5H5N4O3-. The third-order valence-electron chi connectivity index (χ3n) is 1.09. The minimum absolute atomic E-state index is 0.150. The van der Waals surface area contributed by atoms with Gasteiger partial charge in [-0.15, -0.1) is 0 Å². The zero-order chi connectivity index (χ0) is 9.14. The number of aromatic carboxylic acids is 1. The van der Waals surface area contributed by atoms with Gasteiger partial charge in [-0.2, -0.15) is 0 Å². The Hall–Kier alpha value is -2.05. The molecule has 1 aromatic heterocycles. The quantitative estimate of drug-likeness (QED) is 0.486. The first-order valence-corrected chi connectivity index (χ1v) is 2.92. The highest BCUT2D eigenvalue weighted by Crippen LogP contribution is 2.06. The molecule has 0 radical (unpaired) electrons. The van der Waals surface area contributed by atoms with E-state index in [0.717, 1.165) is 6.33 Å². The maximum Gasteiger partial charge on any atom is 0.317 e. The van der Waals surface area contributed by atoms with Crippen LogP contribution in [0, 0.1) is 0 Å². The molecule has 0 unspecified atom stereocenters. The summed E-state index contributed by atoms with van der Waals surface area (Å²) in [5.41, 5.74) is 4.42. The van der Waals surface area contributed by atoms with Crippen LogP contribution in [-0.4, -0.2) is 22.0 Å². The predicted molar refractivity (Wildman–Crippen MR) is 36.1 cm³/mol. The number of aromatic nitrogens is 2. The first-order valence-electron chi connectivity index (χ1n) is 2.92. The second-order valence-corrected chi connectivity index (χ2v) is 1.90. The fourth-order valence-electron chi connectivity index (χ4n) is 0.661. The number of nitrogens with zero attached hydrogens (tertiary/aromatic N) is 1. The molecule has 0 aliphatic heterocycles. The van der Waals surface area contributed by atoms with Gasteiger partial charge in [-0.3, -0.25) is 5.32 Å². The molecule has 0 aliphatic carbocycles. The summed E-state index contributed by atoms with van der Waals surface area (Å²) < 4.78 is 0. The predicted octanol–water partition coefficient (Wildman–Crippen LogP) is -1.74. The molecule has 0 aromatic carbocycles. The molecular weight excluding hydrogens is 164 g/mol. The summed E-state index contributed by atoms with van der Waals surface area (Å²) in [6.07, 6.45) is 1.11. The first-order chi connectivity index (χ1) is 5.61. The van der Waals surface area contributed by atoms with Crippen LogP contribution in [0.1, 0.15) is 10.5 Å². The summed E-state index contributed by atoms with van der Waals surface area (Å²) in [5, 5.41) is 12.3. The molecule has 0 saturated heterocycles. The van der Waals surface area contributed by atoms with E-state index >= 15 is 0 Å². The van der Waals surface area contributed by atoms with Gasteiger partial charge < -0.3 is 20.6 Å². The molecule has 12 heavy (non-hydrogen) atoms. The Morgan fingerprint density at radius 2 is 2.33 bits per heavy atom. The van der Waals surface area contributed by atoms with E-state index in [1.54, 1.807) is 0 Å². The van der Waals surface area contributed by atoms with E-state index in [0.29, 0.717) is 0 Å². The molecule has 2 amide bonds. The Morgan fingerprint density at radius 1 is 1.67 bits per heavy atom. The van der Waals surface area contributed by atoms with Gasteiger partial charge >= 0.3 is 6.03 Å². The Kier molecular flexibility index (Phi) is 1.95. The van der Waals surface area contributed by atoms with Crippen LogP contribution in [0.4, 0.5) is 10.6 Å². The number of aromatic amines is 1. The minimum atomic E-state index is -1.46. The molecule has 0 fully saturated rings. The van der Waals surface area contributed by atoms with Crippen LogP contribution in [0.5, 0.6) is 0 Å². The third kappa shape index (κ3) is 1.51. The lowest BCUT2D eigenvalue weighted by atomic mass is 10.4. The van der Waals surface area contributed by atoms with Crippen LogP contribution >= 0.6 is 0 Å². The number of carboxylic acids is 1. The van der Waals surface area contributed by atoms with E-state index in [4.69, 9.17) is 5.73 Å². The van der Waals surface area contributed by atoms with E-state index < -0.39 is 12.0 Å². The highest BCUT2D eigenvalue weighted by molar-refractivity contribution is 5.95. The highest BCUT2D eigenvalue weighted by atomic mass is 16.4. The maximum atomic E-state index is 10.3. The lowest BCUT2D eigenvalue weighted by Crippen LogP contribution is -2.26. The standard InChI is InChI=1S/C5H6N4O3/c6-5(12)9-3-2(4(10)11)7-1-8-3/h1H,(H,7,8)(H,10,11)(H3,6,9,12)/p-1. The van der Waals surface area contributed by atoms with Crippen molar-refractivity contribution in [2.75, 3.05) is 5.32 Å². The van der Waals surface area contributed by atoms with Crippen LogP contribution in [0.25, 0.3) is 0 Å². The highest BCUT2D eigenvalue weighted by Gasteiger charge is 2.06. The Labute approximate surface area is 66.6 Å². The number of rotatable bonds is 2. The monoisotopic (exact) mass is 169 g/mol. The molecule has 7 heteroatoms. The number of anilines is 1. The van der Waals surface area contributed by atoms with Gasteiger partial charge in [-0.1, -0.05) is 0 Å². The third-order valence-corrected chi connectivity index (χ3v) is 1.09. The van der Waals surface area contributed by atoms with Gasteiger partial charge in [0.2, 0.25) is 0 Å². The summed E-state index contributed by atoms with van der Waals surface area (Å²) >= 11 is 0. The Bertz CT molecular complexity index is 318. The zero-order valence-corrected chi connectivity index (χ0v) is 5.83. The van der Waals surface area contributed by atoms with Gasteiger partial charge in [0.25, 0.3) is 0 Å². The largest absolute Gasteiger partial charge is 0.543 e. The van der Waals surface area contributed by atoms with E-state index in [9.17, 15) is 14.7 Å². The number of nitrogens with one attached hydrogen (secondary N) is 2. The molecule has 1 aromatic rings. The molecule has 64 valence electrons. The molecule has 0 atom stereocenters. The molecule has 0 saturated carbocycles. The number of carboxylic acid groups (broad SMARTS) is 1. The topological polar surface area (TPSA) is 124 Å². The van der Waals surface area contributed by atoms with Crippen molar-refractivity contribution in [1.29, 1.82) is 0 Å². The fraction of sp³-hybridized carbons (Fsp3) is 0. The number of H-pyrrole nitrogens is 1. The lowest BCUT2D eigenvalue weighted by Gasteiger charge is -2.01. The molecule has 0 aliphatic rings. The van der Waals surface area contributed by atoms with Crippen molar-refractivity contribution < 1.29 is 14.7 Å². The molecule has 1 rings (SSSR count). The minimum Gasteiger partial charge on any atom is -0.543 e. The Balaban J connectivity index is 2.91. The van der Waals surface area contributed by atoms with Gasteiger partial charge in [0.15, 0.2) is 5.82 Å².